The zero-order valence-corrected chi connectivity index (χ0v) is 12.5. The van der Waals surface area contributed by atoms with Gasteiger partial charge in [0.1, 0.15) is 6.07 Å². The molecule has 1 amide bonds. The van der Waals surface area contributed by atoms with Crippen molar-refractivity contribution in [2.75, 3.05) is 18.0 Å². The number of nitrogens with two attached hydrogens (primary N) is 1. The molecule has 23 heavy (non-hydrogen) atoms. The number of halogens is 3. The Hall–Kier alpha value is -2.27. The number of alkyl halides is 3. The van der Waals surface area contributed by atoms with Gasteiger partial charge in [0.05, 0.1) is 22.9 Å². The molecule has 1 aromatic rings. The normalized spacial score (nSPS) is 19.3. The number of carbonyl (C=O) groups excluding carboxylic acids is 1. The van der Waals surface area contributed by atoms with Crippen molar-refractivity contribution < 1.29 is 18.0 Å². The number of hydrogen-bond acceptors (Lipinski definition) is 4. The summed E-state index contributed by atoms with van der Waals surface area (Å²) < 4.78 is 38.6. The van der Waals surface area contributed by atoms with Crippen molar-refractivity contribution >= 4 is 11.6 Å². The van der Waals surface area contributed by atoms with Gasteiger partial charge in [0, 0.05) is 19.1 Å². The van der Waals surface area contributed by atoms with Gasteiger partial charge in [0.25, 0.3) is 0 Å². The molecule has 2 rings (SSSR count). The number of hydrogen-bond donors (Lipinski definition) is 2. The van der Waals surface area contributed by atoms with E-state index in [0.29, 0.717) is 19.5 Å². The van der Waals surface area contributed by atoms with Crippen LogP contribution < -0.4 is 16.0 Å². The molecule has 1 fully saturated rings. The minimum Gasteiger partial charge on any atom is -0.368 e. The predicted octanol–water partition coefficient (Wildman–Crippen LogP) is 1.62. The molecule has 0 radical (unpaired) electrons. The van der Waals surface area contributed by atoms with Gasteiger partial charge in [-0.1, -0.05) is 0 Å². The molecular weight excluding hydrogens is 309 g/mol. The lowest BCUT2D eigenvalue weighted by Crippen LogP contribution is -2.45. The third-order valence-corrected chi connectivity index (χ3v) is 3.73. The van der Waals surface area contributed by atoms with E-state index < -0.39 is 17.8 Å². The van der Waals surface area contributed by atoms with Crippen molar-refractivity contribution in [1.29, 1.82) is 5.26 Å². The van der Waals surface area contributed by atoms with Crippen LogP contribution >= 0.6 is 0 Å². The van der Waals surface area contributed by atoms with Crippen molar-refractivity contribution in [2.45, 2.75) is 31.6 Å². The molecule has 0 unspecified atom stereocenters. The van der Waals surface area contributed by atoms with E-state index in [-0.39, 0.29) is 23.2 Å². The number of amides is 1. The maximum Gasteiger partial charge on any atom is 0.416 e. The maximum absolute atomic E-state index is 12.9. The molecule has 124 valence electrons. The van der Waals surface area contributed by atoms with E-state index in [9.17, 15) is 18.0 Å². The molecule has 1 aromatic carbocycles. The first-order valence-electron chi connectivity index (χ1n) is 7.14. The summed E-state index contributed by atoms with van der Waals surface area (Å²) in [6.45, 7) is 2.36. The fourth-order valence-corrected chi connectivity index (χ4v) is 2.49. The quantitative estimate of drug-likeness (QED) is 0.884. The van der Waals surface area contributed by atoms with Crippen LogP contribution in [0.2, 0.25) is 0 Å². The van der Waals surface area contributed by atoms with Gasteiger partial charge in [-0.3, -0.25) is 4.79 Å². The van der Waals surface area contributed by atoms with Crippen LogP contribution in [-0.2, 0) is 11.0 Å². The Bertz CT molecular complexity index is 637. The molecule has 2 atom stereocenters. The lowest BCUT2D eigenvalue weighted by molar-refractivity contribution is -0.137. The Labute approximate surface area is 131 Å². The zero-order valence-electron chi connectivity index (χ0n) is 12.5. The molecule has 0 aromatic heterocycles. The van der Waals surface area contributed by atoms with Gasteiger partial charge in [-0.2, -0.15) is 18.4 Å². The Morgan fingerprint density at radius 3 is 2.78 bits per heavy atom. The maximum atomic E-state index is 12.9. The van der Waals surface area contributed by atoms with Gasteiger partial charge in [0.2, 0.25) is 5.91 Å². The summed E-state index contributed by atoms with van der Waals surface area (Å²) in [7, 11) is 0. The Kier molecular flexibility index (Phi) is 4.80. The number of nitrogens with one attached hydrogen (secondary N) is 1. The predicted molar refractivity (Wildman–Crippen MR) is 78.6 cm³/mol. The molecular formula is C15H17F3N4O. The molecule has 0 saturated carbocycles. The largest absolute Gasteiger partial charge is 0.416 e. The first kappa shape index (κ1) is 17.1. The van der Waals surface area contributed by atoms with Crippen LogP contribution in [0.1, 0.15) is 24.5 Å². The van der Waals surface area contributed by atoms with Crippen LogP contribution in [-0.4, -0.2) is 31.1 Å². The first-order valence-corrected chi connectivity index (χ1v) is 7.14. The van der Waals surface area contributed by atoms with Crippen LogP contribution in [0.25, 0.3) is 0 Å². The second-order valence-corrected chi connectivity index (χ2v) is 5.57. The lowest BCUT2D eigenvalue weighted by Gasteiger charge is -2.22. The molecule has 8 heteroatoms. The van der Waals surface area contributed by atoms with Crippen molar-refractivity contribution in [3.8, 4) is 6.07 Å². The van der Waals surface area contributed by atoms with E-state index in [1.165, 1.54) is 6.07 Å². The fourth-order valence-electron chi connectivity index (χ4n) is 2.49. The van der Waals surface area contributed by atoms with E-state index in [4.69, 9.17) is 11.0 Å². The lowest BCUT2D eigenvalue weighted by atomic mass is 10.1. The highest BCUT2D eigenvalue weighted by molar-refractivity contribution is 5.81. The number of carbonyl (C=O) groups is 1. The standard InChI is InChI=1S/C15H17F3N4O/c1-9(20)14(23)21-12-4-5-22(8-12)13-6-11(15(16,17)18)3-2-10(13)7-19/h2-3,6,9,12H,4-5,8,20H2,1H3,(H,21,23)/t9-,12-/m0/s1. The summed E-state index contributed by atoms with van der Waals surface area (Å²) in [6.07, 6.45) is -3.88. The fraction of sp³-hybridized carbons (Fsp3) is 0.467. The number of rotatable bonds is 3. The average molecular weight is 326 g/mol. The minimum absolute atomic E-state index is 0.178. The van der Waals surface area contributed by atoms with Gasteiger partial charge in [-0.25, -0.2) is 0 Å². The van der Waals surface area contributed by atoms with Crippen molar-refractivity contribution in [3.63, 3.8) is 0 Å². The SMILES string of the molecule is C[C@H](N)C(=O)N[C@H]1CCN(c2cc(C(F)(F)F)ccc2C#N)C1. The van der Waals surface area contributed by atoms with Gasteiger partial charge in [-0.05, 0) is 31.5 Å². The topological polar surface area (TPSA) is 82.2 Å². The zero-order chi connectivity index (χ0) is 17.2. The van der Waals surface area contributed by atoms with Crippen LogP contribution in [0, 0.1) is 11.3 Å². The van der Waals surface area contributed by atoms with Crippen molar-refractivity contribution in [3.05, 3.63) is 29.3 Å². The molecule has 0 bridgehead atoms. The van der Waals surface area contributed by atoms with Crippen LogP contribution in [0.5, 0.6) is 0 Å². The van der Waals surface area contributed by atoms with E-state index in [1.807, 2.05) is 6.07 Å². The molecule has 1 saturated heterocycles. The van der Waals surface area contributed by atoms with E-state index >= 15 is 0 Å². The van der Waals surface area contributed by atoms with Crippen molar-refractivity contribution in [1.82, 2.24) is 5.32 Å². The van der Waals surface area contributed by atoms with E-state index in [2.05, 4.69) is 5.32 Å². The number of nitriles is 1. The molecule has 5 nitrogen and oxygen atoms in total. The third-order valence-electron chi connectivity index (χ3n) is 3.73. The summed E-state index contributed by atoms with van der Waals surface area (Å²) in [4.78, 5) is 13.3. The second kappa shape index (κ2) is 6.46. The molecule has 0 aliphatic carbocycles. The van der Waals surface area contributed by atoms with Gasteiger partial charge < -0.3 is 16.0 Å². The molecule has 1 aliphatic rings. The summed E-state index contributed by atoms with van der Waals surface area (Å²) in [5, 5.41) is 11.9. The molecule has 0 spiro atoms. The van der Waals surface area contributed by atoms with Crippen molar-refractivity contribution in [2.24, 2.45) is 5.73 Å². The highest BCUT2D eigenvalue weighted by atomic mass is 19.4. The highest BCUT2D eigenvalue weighted by Crippen LogP contribution is 2.34. The highest BCUT2D eigenvalue weighted by Gasteiger charge is 2.33. The molecule has 1 aliphatic heterocycles. The van der Waals surface area contributed by atoms with Gasteiger partial charge >= 0.3 is 6.18 Å². The monoisotopic (exact) mass is 326 g/mol. The van der Waals surface area contributed by atoms with E-state index in [1.54, 1.807) is 11.8 Å². The first-order chi connectivity index (χ1) is 10.7. The Balaban J connectivity index is 2.19. The van der Waals surface area contributed by atoms with Crippen LogP contribution in [0.15, 0.2) is 18.2 Å². The minimum atomic E-state index is -4.47. The van der Waals surface area contributed by atoms with Crippen LogP contribution in [0.3, 0.4) is 0 Å². The second-order valence-electron chi connectivity index (χ2n) is 5.57. The third kappa shape index (κ3) is 3.93. The summed E-state index contributed by atoms with van der Waals surface area (Å²) in [5.41, 5.74) is 5.10. The molecule has 1 heterocycles. The summed E-state index contributed by atoms with van der Waals surface area (Å²) >= 11 is 0. The number of benzene rings is 1. The number of nitrogens with zero attached hydrogens (tertiary/aromatic N) is 2. The van der Waals surface area contributed by atoms with Gasteiger partial charge in [-0.15, -0.1) is 0 Å². The Morgan fingerprint density at radius 2 is 2.22 bits per heavy atom. The summed E-state index contributed by atoms with van der Waals surface area (Å²) in [5.74, 6) is -0.304. The Morgan fingerprint density at radius 1 is 1.52 bits per heavy atom. The van der Waals surface area contributed by atoms with Gasteiger partial charge in [0.15, 0.2) is 0 Å². The summed E-state index contributed by atoms with van der Waals surface area (Å²) in [6, 6.07) is 4.11. The van der Waals surface area contributed by atoms with Crippen LogP contribution in [0.4, 0.5) is 18.9 Å². The smallest absolute Gasteiger partial charge is 0.368 e. The van der Waals surface area contributed by atoms with E-state index in [0.717, 1.165) is 12.1 Å². The number of anilines is 1. The average Bonchev–Trinajstić information content (AvgIpc) is 2.93. The molecule has 3 N–H and O–H groups in total.